The van der Waals surface area contributed by atoms with Crippen LogP contribution >= 0.6 is 0 Å². The molecule has 0 aromatic rings. The lowest BCUT2D eigenvalue weighted by Crippen LogP contribution is -2.31. The van der Waals surface area contributed by atoms with Crippen molar-refractivity contribution in [2.75, 3.05) is 13.1 Å². The largest absolute Gasteiger partial charge is 0.316 e. The van der Waals surface area contributed by atoms with Gasteiger partial charge in [-0.1, -0.05) is 54.4 Å². The van der Waals surface area contributed by atoms with Crippen LogP contribution in [0.1, 0.15) is 60.8 Å². The quantitative estimate of drug-likeness (QED) is 0.640. The second kappa shape index (κ2) is 7.27. The predicted molar refractivity (Wildman–Crippen MR) is 70.2 cm³/mol. The van der Waals surface area contributed by atoms with E-state index in [1.807, 2.05) is 0 Å². The van der Waals surface area contributed by atoms with Crippen LogP contribution < -0.4 is 5.32 Å². The van der Waals surface area contributed by atoms with Gasteiger partial charge in [-0.15, -0.1) is 0 Å². The van der Waals surface area contributed by atoms with Gasteiger partial charge in [0, 0.05) is 6.54 Å². The van der Waals surface area contributed by atoms with Crippen LogP contribution in [0.3, 0.4) is 0 Å². The van der Waals surface area contributed by atoms with Crippen molar-refractivity contribution in [3.05, 3.63) is 0 Å². The van der Waals surface area contributed by atoms with Crippen LogP contribution in [-0.2, 0) is 0 Å². The smallest absolute Gasteiger partial charge is 0.000263 e. The van der Waals surface area contributed by atoms with Crippen molar-refractivity contribution in [3.8, 4) is 0 Å². The predicted octanol–water partition coefficient (Wildman–Crippen LogP) is 4.08. The normalized spacial score (nSPS) is 12.8. The Bertz CT molecular complexity index is 131. The van der Waals surface area contributed by atoms with Gasteiger partial charge in [0.2, 0.25) is 0 Å². The molecule has 0 aromatic heterocycles. The van der Waals surface area contributed by atoms with E-state index in [0.29, 0.717) is 5.41 Å². The topological polar surface area (TPSA) is 12.0 Å². The second-order valence-electron chi connectivity index (χ2n) is 6.48. The molecule has 0 aliphatic carbocycles. The van der Waals surface area contributed by atoms with Crippen molar-refractivity contribution >= 4 is 0 Å². The van der Waals surface area contributed by atoms with Gasteiger partial charge < -0.3 is 5.32 Å². The Morgan fingerprint density at radius 1 is 1.00 bits per heavy atom. The summed E-state index contributed by atoms with van der Waals surface area (Å²) in [4.78, 5) is 0. The Morgan fingerprint density at radius 3 is 2.07 bits per heavy atom. The molecule has 92 valence electrons. The molecule has 0 aliphatic heterocycles. The molecule has 0 fully saturated rings. The van der Waals surface area contributed by atoms with E-state index in [2.05, 4.69) is 46.9 Å². The molecule has 0 rings (SSSR count). The number of hydrogen-bond acceptors (Lipinski definition) is 1. The Balaban J connectivity index is 3.57. The highest BCUT2D eigenvalue weighted by atomic mass is 14.9. The van der Waals surface area contributed by atoms with E-state index in [-0.39, 0.29) is 0 Å². The molecule has 0 saturated carbocycles. The van der Waals surface area contributed by atoms with Gasteiger partial charge in [0.25, 0.3) is 0 Å². The third-order valence-corrected chi connectivity index (χ3v) is 2.79. The van der Waals surface area contributed by atoms with Crippen molar-refractivity contribution in [3.63, 3.8) is 0 Å². The summed E-state index contributed by atoms with van der Waals surface area (Å²) < 4.78 is 0. The van der Waals surface area contributed by atoms with E-state index in [9.17, 15) is 0 Å². The van der Waals surface area contributed by atoms with Crippen molar-refractivity contribution in [1.29, 1.82) is 0 Å². The van der Waals surface area contributed by atoms with Gasteiger partial charge in [0.05, 0.1) is 0 Å². The zero-order valence-electron chi connectivity index (χ0n) is 11.7. The second-order valence-corrected chi connectivity index (χ2v) is 6.48. The highest BCUT2D eigenvalue weighted by molar-refractivity contribution is 4.72. The minimum absolute atomic E-state index is 0.462. The number of nitrogens with one attached hydrogen (secondary N) is 1. The maximum atomic E-state index is 3.56. The van der Waals surface area contributed by atoms with E-state index in [4.69, 9.17) is 0 Å². The first-order chi connectivity index (χ1) is 6.83. The Labute approximate surface area is 97.0 Å². The Hall–Kier alpha value is -0.0400. The third-order valence-electron chi connectivity index (χ3n) is 2.79. The molecule has 0 spiro atoms. The maximum absolute atomic E-state index is 3.56. The molecule has 0 saturated heterocycles. The summed E-state index contributed by atoms with van der Waals surface area (Å²) in [7, 11) is 0. The molecule has 0 amide bonds. The summed E-state index contributed by atoms with van der Waals surface area (Å²) >= 11 is 0. The van der Waals surface area contributed by atoms with E-state index in [0.717, 1.165) is 24.9 Å². The number of rotatable bonds is 8. The Kier molecular flexibility index (Phi) is 7.25. The fraction of sp³-hybridized carbons (Fsp3) is 1.00. The molecular formula is C14H31N. The summed E-state index contributed by atoms with van der Waals surface area (Å²) in [6, 6.07) is 0. The van der Waals surface area contributed by atoms with Crippen LogP contribution in [0.2, 0.25) is 0 Å². The van der Waals surface area contributed by atoms with Crippen LogP contribution in [0.25, 0.3) is 0 Å². The summed E-state index contributed by atoms with van der Waals surface area (Å²) in [5.41, 5.74) is 0.462. The molecule has 15 heavy (non-hydrogen) atoms. The van der Waals surface area contributed by atoms with Gasteiger partial charge in [-0.05, 0) is 30.2 Å². The monoisotopic (exact) mass is 213 g/mol. The first-order valence-corrected chi connectivity index (χ1v) is 6.54. The van der Waals surface area contributed by atoms with Crippen LogP contribution in [0, 0.1) is 17.3 Å². The molecule has 1 nitrogen and oxygen atoms in total. The first kappa shape index (κ1) is 15.0. The minimum atomic E-state index is 0.462. The highest BCUT2D eigenvalue weighted by Crippen LogP contribution is 2.23. The van der Waals surface area contributed by atoms with Gasteiger partial charge in [-0.3, -0.25) is 0 Å². The molecule has 0 radical (unpaired) electrons. The molecule has 0 heterocycles. The van der Waals surface area contributed by atoms with Crippen LogP contribution in [0.5, 0.6) is 0 Å². The van der Waals surface area contributed by atoms with Crippen LogP contribution in [0.15, 0.2) is 0 Å². The first-order valence-electron chi connectivity index (χ1n) is 6.54. The van der Waals surface area contributed by atoms with E-state index in [1.165, 1.54) is 19.3 Å². The van der Waals surface area contributed by atoms with Crippen molar-refractivity contribution in [1.82, 2.24) is 5.32 Å². The lowest BCUT2D eigenvalue weighted by Gasteiger charge is -2.26. The molecule has 1 heteroatoms. The van der Waals surface area contributed by atoms with E-state index < -0.39 is 0 Å². The molecule has 0 aliphatic rings. The van der Waals surface area contributed by atoms with E-state index >= 15 is 0 Å². The summed E-state index contributed by atoms with van der Waals surface area (Å²) in [5.74, 6) is 1.61. The van der Waals surface area contributed by atoms with Gasteiger partial charge in [-0.2, -0.15) is 0 Å². The highest BCUT2D eigenvalue weighted by Gasteiger charge is 2.16. The summed E-state index contributed by atoms with van der Waals surface area (Å²) in [6.45, 7) is 16.2. The third kappa shape index (κ3) is 10.2. The van der Waals surface area contributed by atoms with Crippen LogP contribution in [-0.4, -0.2) is 13.1 Å². The lowest BCUT2D eigenvalue weighted by atomic mass is 9.86. The summed E-state index contributed by atoms with van der Waals surface area (Å²) in [6.07, 6.45) is 4.08. The molecule has 0 aromatic carbocycles. The standard InChI is InChI=1S/C14H31N/c1-12(2)8-7-9-14(5,6)11-15-10-13(3)4/h12-13,15H,7-11H2,1-6H3. The minimum Gasteiger partial charge on any atom is -0.316 e. The zero-order chi connectivity index (χ0) is 11.9. The van der Waals surface area contributed by atoms with Crippen molar-refractivity contribution in [2.24, 2.45) is 17.3 Å². The lowest BCUT2D eigenvalue weighted by molar-refractivity contribution is 0.291. The molecule has 0 atom stereocenters. The fourth-order valence-corrected chi connectivity index (χ4v) is 1.78. The maximum Gasteiger partial charge on any atom is 0.000263 e. The Morgan fingerprint density at radius 2 is 1.60 bits per heavy atom. The van der Waals surface area contributed by atoms with Gasteiger partial charge in [-0.25, -0.2) is 0 Å². The van der Waals surface area contributed by atoms with Gasteiger partial charge in [0.15, 0.2) is 0 Å². The molecule has 1 N–H and O–H groups in total. The van der Waals surface area contributed by atoms with Crippen molar-refractivity contribution in [2.45, 2.75) is 60.8 Å². The van der Waals surface area contributed by atoms with E-state index in [1.54, 1.807) is 0 Å². The molecular weight excluding hydrogens is 182 g/mol. The molecule has 0 bridgehead atoms. The SMILES string of the molecule is CC(C)CCCC(C)(C)CNCC(C)C. The van der Waals surface area contributed by atoms with Crippen molar-refractivity contribution < 1.29 is 0 Å². The van der Waals surface area contributed by atoms with Gasteiger partial charge in [0.1, 0.15) is 0 Å². The van der Waals surface area contributed by atoms with Gasteiger partial charge >= 0.3 is 0 Å². The average Bonchev–Trinajstić information content (AvgIpc) is 2.01. The zero-order valence-corrected chi connectivity index (χ0v) is 11.7. The molecule has 0 unspecified atom stereocenters. The van der Waals surface area contributed by atoms with Crippen LogP contribution in [0.4, 0.5) is 0 Å². The fourth-order valence-electron chi connectivity index (χ4n) is 1.78. The number of hydrogen-bond donors (Lipinski definition) is 1. The average molecular weight is 213 g/mol. The summed E-state index contributed by atoms with van der Waals surface area (Å²) in [5, 5.41) is 3.56.